The molecule has 1 aromatic carbocycles. The number of aryl methyl sites for hydroxylation is 1. The first-order chi connectivity index (χ1) is 8.20. The van der Waals surface area contributed by atoms with Crippen molar-refractivity contribution >= 4 is 39.2 Å². The van der Waals surface area contributed by atoms with Gasteiger partial charge in [-0.3, -0.25) is 0 Å². The summed E-state index contributed by atoms with van der Waals surface area (Å²) in [5.41, 5.74) is 0.963. The third-order valence-corrected chi connectivity index (χ3v) is 3.57. The molecule has 0 aliphatic rings. The topological polar surface area (TPSA) is 29.9 Å². The van der Waals surface area contributed by atoms with Crippen molar-refractivity contribution in [2.45, 2.75) is 19.9 Å². The van der Waals surface area contributed by atoms with Crippen LogP contribution < -0.4 is 5.32 Å². The molecule has 5 heteroatoms. The molecule has 0 radical (unpaired) electrons. The van der Waals surface area contributed by atoms with E-state index in [9.17, 15) is 0 Å². The highest BCUT2D eigenvalue weighted by molar-refractivity contribution is 9.10. The van der Waals surface area contributed by atoms with Crippen molar-refractivity contribution in [2.24, 2.45) is 0 Å². The highest BCUT2D eigenvalue weighted by atomic mass is 79.9. The molecule has 0 aliphatic carbocycles. The highest BCUT2D eigenvalue weighted by Gasteiger charge is 2.04. The van der Waals surface area contributed by atoms with Gasteiger partial charge in [-0.15, -0.1) is 0 Å². The summed E-state index contributed by atoms with van der Waals surface area (Å²) in [7, 11) is 0. The molecular weight excluding hydrogens is 302 g/mol. The summed E-state index contributed by atoms with van der Waals surface area (Å²) >= 11 is 9.35. The molecular formula is C12H13BrClN3. The lowest BCUT2D eigenvalue weighted by atomic mass is 10.3. The van der Waals surface area contributed by atoms with Crippen LogP contribution in [0.4, 0.5) is 11.6 Å². The lowest BCUT2D eigenvalue weighted by Gasteiger charge is -2.09. The number of hydrogen-bond acceptors (Lipinski definition) is 2. The van der Waals surface area contributed by atoms with Crippen LogP contribution in [0.2, 0.25) is 5.02 Å². The molecule has 0 fully saturated rings. The largest absolute Gasteiger partial charge is 0.326 e. The fourth-order valence-corrected chi connectivity index (χ4v) is 2.05. The van der Waals surface area contributed by atoms with Crippen LogP contribution in [-0.4, -0.2) is 9.55 Å². The van der Waals surface area contributed by atoms with E-state index in [1.54, 1.807) is 6.20 Å². The molecule has 3 nitrogen and oxygen atoms in total. The molecule has 1 heterocycles. The molecule has 17 heavy (non-hydrogen) atoms. The van der Waals surface area contributed by atoms with Gasteiger partial charge in [-0.05, 0) is 40.5 Å². The second-order valence-corrected chi connectivity index (χ2v) is 4.96. The number of hydrogen-bond donors (Lipinski definition) is 1. The van der Waals surface area contributed by atoms with Crippen LogP contribution in [-0.2, 0) is 6.54 Å². The van der Waals surface area contributed by atoms with Gasteiger partial charge in [0.2, 0.25) is 5.95 Å². The quantitative estimate of drug-likeness (QED) is 0.903. The van der Waals surface area contributed by atoms with E-state index in [2.05, 4.69) is 37.7 Å². The summed E-state index contributed by atoms with van der Waals surface area (Å²) < 4.78 is 2.96. The maximum atomic E-state index is 5.95. The standard InChI is InChI=1S/C12H13BrClN3/c1-2-6-17-7-5-15-12(17)16-9-3-4-11(14)10(13)8-9/h3-5,7-8H,2,6H2,1H3,(H,15,16). The fourth-order valence-electron chi connectivity index (χ4n) is 1.56. The van der Waals surface area contributed by atoms with Crippen molar-refractivity contribution in [3.8, 4) is 0 Å². The highest BCUT2D eigenvalue weighted by Crippen LogP contribution is 2.27. The Morgan fingerprint density at radius 1 is 1.47 bits per heavy atom. The van der Waals surface area contributed by atoms with Gasteiger partial charge < -0.3 is 9.88 Å². The van der Waals surface area contributed by atoms with Crippen molar-refractivity contribution in [1.29, 1.82) is 0 Å². The third-order valence-electron chi connectivity index (χ3n) is 2.36. The van der Waals surface area contributed by atoms with Crippen molar-refractivity contribution < 1.29 is 0 Å². The predicted octanol–water partition coefficient (Wildman–Crippen LogP) is 4.45. The molecule has 0 aliphatic heterocycles. The van der Waals surface area contributed by atoms with Gasteiger partial charge in [-0.25, -0.2) is 4.98 Å². The zero-order chi connectivity index (χ0) is 12.3. The molecule has 0 bridgehead atoms. The number of anilines is 2. The summed E-state index contributed by atoms with van der Waals surface area (Å²) in [6.07, 6.45) is 4.84. The molecule has 2 aromatic rings. The second kappa shape index (κ2) is 5.56. The van der Waals surface area contributed by atoms with Crippen LogP contribution >= 0.6 is 27.5 Å². The Hall–Kier alpha value is -1.000. The van der Waals surface area contributed by atoms with Crippen molar-refractivity contribution in [3.63, 3.8) is 0 Å². The molecule has 2 rings (SSSR count). The van der Waals surface area contributed by atoms with Gasteiger partial charge in [0.05, 0.1) is 5.02 Å². The molecule has 0 amide bonds. The van der Waals surface area contributed by atoms with E-state index in [4.69, 9.17) is 11.6 Å². The summed E-state index contributed by atoms with van der Waals surface area (Å²) in [4.78, 5) is 4.29. The molecule has 1 N–H and O–H groups in total. The molecule has 0 saturated carbocycles. The van der Waals surface area contributed by atoms with E-state index in [0.29, 0.717) is 5.02 Å². The van der Waals surface area contributed by atoms with Gasteiger partial charge in [0, 0.05) is 29.1 Å². The van der Waals surface area contributed by atoms with E-state index >= 15 is 0 Å². The van der Waals surface area contributed by atoms with Crippen LogP contribution in [0.15, 0.2) is 35.1 Å². The Morgan fingerprint density at radius 2 is 2.29 bits per heavy atom. The number of nitrogens with one attached hydrogen (secondary N) is 1. The van der Waals surface area contributed by atoms with Crippen molar-refractivity contribution in [3.05, 3.63) is 40.1 Å². The number of nitrogens with zero attached hydrogens (tertiary/aromatic N) is 2. The average molecular weight is 315 g/mol. The first-order valence-corrected chi connectivity index (χ1v) is 6.61. The van der Waals surface area contributed by atoms with Gasteiger partial charge in [-0.2, -0.15) is 0 Å². The smallest absolute Gasteiger partial charge is 0.207 e. The van der Waals surface area contributed by atoms with E-state index < -0.39 is 0 Å². The summed E-state index contributed by atoms with van der Waals surface area (Å²) in [5, 5.41) is 3.97. The predicted molar refractivity (Wildman–Crippen MR) is 75.0 cm³/mol. The van der Waals surface area contributed by atoms with Crippen LogP contribution in [0, 0.1) is 0 Å². The molecule has 0 saturated heterocycles. The SMILES string of the molecule is CCCn1ccnc1Nc1ccc(Cl)c(Br)c1. The fraction of sp³-hybridized carbons (Fsp3) is 0.250. The van der Waals surface area contributed by atoms with Crippen LogP contribution in [0.3, 0.4) is 0 Å². The van der Waals surface area contributed by atoms with Crippen LogP contribution in [0.1, 0.15) is 13.3 Å². The molecule has 0 spiro atoms. The van der Waals surface area contributed by atoms with E-state index in [0.717, 1.165) is 29.1 Å². The molecule has 1 aromatic heterocycles. The Kier molecular flexibility index (Phi) is 4.07. The zero-order valence-corrected chi connectivity index (χ0v) is 11.8. The minimum Gasteiger partial charge on any atom is -0.326 e. The van der Waals surface area contributed by atoms with Gasteiger partial charge >= 0.3 is 0 Å². The molecule has 0 atom stereocenters. The maximum absolute atomic E-state index is 5.95. The van der Waals surface area contributed by atoms with Crippen LogP contribution in [0.5, 0.6) is 0 Å². The normalized spacial score (nSPS) is 10.5. The number of benzene rings is 1. The van der Waals surface area contributed by atoms with E-state index in [1.807, 2.05) is 24.4 Å². The minimum absolute atomic E-state index is 0.701. The third kappa shape index (κ3) is 3.01. The van der Waals surface area contributed by atoms with Gasteiger partial charge in [-0.1, -0.05) is 18.5 Å². The Bertz CT molecular complexity index is 510. The lowest BCUT2D eigenvalue weighted by Crippen LogP contribution is -2.02. The number of halogens is 2. The summed E-state index contributed by atoms with van der Waals surface area (Å²) in [6, 6.07) is 5.71. The van der Waals surface area contributed by atoms with Gasteiger partial charge in [0.15, 0.2) is 0 Å². The Labute approximate surface area is 114 Å². The number of aromatic nitrogens is 2. The number of rotatable bonds is 4. The summed E-state index contributed by atoms with van der Waals surface area (Å²) in [6.45, 7) is 3.10. The maximum Gasteiger partial charge on any atom is 0.207 e. The van der Waals surface area contributed by atoms with E-state index in [1.165, 1.54) is 0 Å². The average Bonchev–Trinajstić information content (AvgIpc) is 2.72. The van der Waals surface area contributed by atoms with Crippen molar-refractivity contribution in [2.75, 3.05) is 5.32 Å². The first-order valence-electron chi connectivity index (χ1n) is 5.44. The Balaban J connectivity index is 2.19. The zero-order valence-electron chi connectivity index (χ0n) is 9.45. The molecule has 0 unspecified atom stereocenters. The van der Waals surface area contributed by atoms with Crippen molar-refractivity contribution in [1.82, 2.24) is 9.55 Å². The summed E-state index contributed by atoms with van der Waals surface area (Å²) in [5.74, 6) is 0.848. The van der Waals surface area contributed by atoms with Crippen LogP contribution in [0.25, 0.3) is 0 Å². The lowest BCUT2D eigenvalue weighted by molar-refractivity contribution is 0.686. The van der Waals surface area contributed by atoms with Gasteiger partial charge in [0.1, 0.15) is 0 Å². The molecule has 90 valence electrons. The number of imidazole rings is 1. The Morgan fingerprint density at radius 3 is 3.00 bits per heavy atom. The van der Waals surface area contributed by atoms with E-state index in [-0.39, 0.29) is 0 Å². The first kappa shape index (κ1) is 12.5. The van der Waals surface area contributed by atoms with Gasteiger partial charge in [0.25, 0.3) is 0 Å². The second-order valence-electron chi connectivity index (χ2n) is 3.70. The minimum atomic E-state index is 0.701. The monoisotopic (exact) mass is 313 g/mol.